The molecule has 5 nitrogen and oxygen atoms in total. The van der Waals surface area contributed by atoms with Gasteiger partial charge in [-0.2, -0.15) is 0 Å². The van der Waals surface area contributed by atoms with Gasteiger partial charge >= 0.3 is 5.97 Å². The molecule has 0 aliphatic carbocycles. The second kappa shape index (κ2) is 5.30. The highest BCUT2D eigenvalue weighted by molar-refractivity contribution is 7.91. The molecule has 1 unspecified atom stereocenters. The normalized spacial score (nSPS) is 19.5. The summed E-state index contributed by atoms with van der Waals surface area (Å²) in [6.07, 6.45) is 1.32. The highest BCUT2D eigenvalue weighted by Gasteiger charge is 2.27. The van der Waals surface area contributed by atoms with Crippen LogP contribution in [0, 0.1) is 6.92 Å². The van der Waals surface area contributed by atoms with Crippen molar-refractivity contribution in [3.63, 3.8) is 0 Å². The zero-order chi connectivity index (χ0) is 14.0. The van der Waals surface area contributed by atoms with Crippen LogP contribution in [0.2, 0.25) is 0 Å². The number of hydrogen-bond donors (Lipinski definition) is 1. The van der Waals surface area contributed by atoms with Gasteiger partial charge in [-0.3, -0.25) is 0 Å². The molecule has 6 heteroatoms. The summed E-state index contributed by atoms with van der Waals surface area (Å²) in [5, 5.41) is 9.02. The number of aromatic carboxylic acids is 1. The maximum Gasteiger partial charge on any atom is 0.335 e. The molecular weight excluding hydrogens is 268 g/mol. The molecule has 1 aliphatic heterocycles. The average molecular weight is 284 g/mol. The van der Waals surface area contributed by atoms with Crippen LogP contribution in [0.1, 0.15) is 28.8 Å². The molecule has 1 saturated heterocycles. The Kier molecular flexibility index (Phi) is 3.91. The summed E-state index contributed by atoms with van der Waals surface area (Å²) < 4.78 is 30.0. The zero-order valence-corrected chi connectivity index (χ0v) is 11.4. The van der Waals surface area contributed by atoms with Crippen molar-refractivity contribution < 1.29 is 23.1 Å². The van der Waals surface area contributed by atoms with E-state index in [9.17, 15) is 13.2 Å². The quantitative estimate of drug-likeness (QED) is 0.909. The molecule has 1 aromatic rings. The first-order valence-electron chi connectivity index (χ1n) is 6.09. The predicted octanol–water partition coefficient (Wildman–Crippen LogP) is 1.65. The predicted molar refractivity (Wildman–Crippen MR) is 69.2 cm³/mol. The van der Waals surface area contributed by atoms with Crippen LogP contribution in [-0.2, 0) is 14.6 Å². The van der Waals surface area contributed by atoms with E-state index in [4.69, 9.17) is 9.84 Å². The van der Waals surface area contributed by atoms with Crippen LogP contribution < -0.4 is 0 Å². The van der Waals surface area contributed by atoms with Crippen molar-refractivity contribution >= 4 is 15.8 Å². The van der Waals surface area contributed by atoms with E-state index in [-0.39, 0.29) is 27.9 Å². The van der Waals surface area contributed by atoms with Crippen LogP contribution in [0.4, 0.5) is 0 Å². The Labute approximate surface area is 112 Å². The SMILES string of the molecule is Cc1c(C(=O)O)cccc1S(=O)(=O)CC1CCCO1. The summed E-state index contributed by atoms with van der Waals surface area (Å²) in [5.41, 5.74) is 0.307. The third kappa shape index (κ3) is 2.96. The Bertz CT molecular complexity index is 585. The second-order valence-corrected chi connectivity index (χ2v) is 6.65. The molecule has 1 atom stereocenters. The maximum atomic E-state index is 12.3. The molecule has 0 bridgehead atoms. The third-order valence-electron chi connectivity index (χ3n) is 3.28. The first kappa shape index (κ1) is 14.0. The number of rotatable bonds is 4. The monoisotopic (exact) mass is 284 g/mol. The molecule has 0 spiro atoms. The van der Waals surface area contributed by atoms with Gasteiger partial charge in [-0.15, -0.1) is 0 Å². The van der Waals surface area contributed by atoms with E-state index >= 15 is 0 Å². The molecular formula is C13H16O5S. The lowest BCUT2D eigenvalue weighted by molar-refractivity contribution is 0.0696. The number of ether oxygens (including phenoxy) is 1. The molecule has 1 fully saturated rings. The lowest BCUT2D eigenvalue weighted by atomic mass is 10.1. The summed E-state index contributed by atoms with van der Waals surface area (Å²) in [6.45, 7) is 2.11. The molecule has 19 heavy (non-hydrogen) atoms. The summed E-state index contributed by atoms with van der Waals surface area (Å²) >= 11 is 0. The fourth-order valence-corrected chi connectivity index (χ4v) is 4.09. The van der Waals surface area contributed by atoms with Gasteiger partial charge < -0.3 is 9.84 Å². The van der Waals surface area contributed by atoms with E-state index in [1.807, 2.05) is 0 Å². The van der Waals surface area contributed by atoms with Crippen molar-refractivity contribution in [3.8, 4) is 0 Å². The van der Waals surface area contributed by atoms with Crippen molar-refractivity contribution in [1.29, 1.82) is 0 Å². The number of carboxylic acids is 1. The Balaban J connectivity index is 2.34. The van der Waals surface area contributed by atoms with E-state index in [0.717, 1.165) is 12.8 Å². The Hall–Kier alpha value is -1.40. The summed E-state index contributed by atoms with van der Waals surface area (Å²) in [5.74, 6) is -1.21. The average Bonchev–Trinajstić information content (AvgIpc) is 2.80. The van der Waals surface area contributed by atoms with E-state index < -0.39 is 15.8 Å². The number of hydrogen-bond acceptors (Lipinski definition) is 4. The Morgan fingerprint density at radius 1 is 1.47 bits per heavy atom. The lowest BCUT2D eigenvalue weighted by Gasteiger charge is -2.13. The van der Waals surface area contributed by atoms with Crippen LogP contribution in [0.15, 0.2) is 23.1 Å². The molecule has 0 aromatic heterocycles. The topological polar surface area (TPSA) is 80.7 Å². The smallest absolute Gasteiger partial charge is 0.335 e. The van der Waals surface area contributed by atoms with Gasteiger partial charge in [0.25, 0.3) is 0 Å². The molecule has 0 saturated carbocycles. The standard InChI is InChI=1S/C13H16O5S/c1-9-11(13(14)15)5-2-6-12(9)19(16,17)8-10-4-3-7-18-10/h2,5-6,10H,3-4,7-8H2,1H3,(H,14,15). The first-order chi connectivity index (χ1) is 8.92. The van der Waals surface area contributed by atoms with Crippen molar-refractivity contribution in [2.45, 2.75) is 30.8 Å². The fourth-order valence-electron chi connectivity index (χ4n) is 2.29. The van der Waals surface area contributed by atoms with Gasteiger partial charge in [-0.25, -0.2) is 13.2 Å². The van der Waals surface area contributed by atoms with Gasteiger partial charge in [-0.1, -0.05) is 6.07 Å². The number of carbonyl (C=O) groups is 1. The molecule has 1 aromatic carbocycles. The maximum absolute atomic E-state index is 12.3. The van der Waals surface area contributed by atoms with Crippen LogP contribution in [0.3, 0.4) is 0 Å². The van der Waals surface area contributed by atoms with Crippen LogP contribution in [0.5, 0.6) is 0 Å². The summed E-state index contributed by atoms with van der Waals surface area (Å²) in [7, 11) is -3.52. The molecule has 1 heterocycles. The van der Waals surface area contributed by atoms with Crippen molar-refractivity contribution in [2.75, 3.05) is 12.4 Å². The van der Waals surface area contributed by atoms with E-state index in [2.05, 4.69) is 0 Å². The second-order valence-electron chi connectivity index (χ2n) is 4.65. The molecule has 1 aliphatic rings. The summed E-state index contributed by atoms with van der Waals surface area (Å²) in [4.78, 5) is 11.1. The molecule has 1 N–H and O–H groups in total. The minimum atomic E-state index is -3.52. The van der Waals surface area contributed by atoms with Gasteiger partial charge in [0.2, 0.25) is 0 Å². The van der Waals surface area contributed by atoms with Crippen LogP contribution in [0.25, 0.3) is 0 Å². The fraction of sp³-hybridized carbons (Fsp3) is 0.462. The van der Waals surface area contributed by atoms with Gasteiger partial charge in [-0.05, 0) is 37.5 Å². The lowest BCUT2D eigenvalue weighted by Crippen LogP contribution is -2.21. The number of sulfone groups is 1. The van der Waals surface area contributed by atoms with Gasteiger partial charge in [0.15, 0.2) is 9.84 Å². The van der Waals surface area contributed by atoms with Gasteiger partial charge in [0.1, 0.15) is 0 Å². The highest BCUT2D eigenvalue weighted by atomic mass is 32.2. The van der Waals surface area contributed by atoms with E-state index in [1.54, 1.807) is 0 Å². The van der Waals surface area contributed by atoms with Crippen LogP contribution in [-0.4, -0.2) is 38.0 Å². The Morgan fingerprint density at radius 3 is 2.79 bits per heavy atom. The van der Waals surface area contributed by atoms with Gasteiger partial charge in [0, 0.05) is 6.61 Å². The first-order valence-corrected chi connectivity index (χ1v) is 7.74. The van der Waals surface area contributed by atoms with Crippen molar-refractivity contribution in [1.82, 2.24) is 0 Å². The van der Waals surface area contributed by atoms with E-state index in [1.165, 1.54) is 25.1 Å². The largest absolute Gasteiger partial charge is 0.478 e. The minimum absolute atomic E-state index is 0.0217. The van der Waals surface area contributed by atoms with E-state index in [0.29, 0.717) is 6.61 Å². The van der Waals surface area contributed by atoms with Crippen LogP contribution >= 0.6 is 0 Å². The third-order valence-corrected chi connectivity index (χ3v) is 5.20. The number of carboxylic acid groups (broad SMARTS) is 1. The Morgan fingerprint density at radius 2 is 2.21 bits per heavy atom. The van der Waals surface area contributed by atoms with Gasteiger partial charge in [0.05, 0.1) is 22.3 Å². The molecule has 104 valence electrons. The van der Waals surface area contributed by atoms with Crippen molar-refractivity contribution in [2.24, 2.45) is 0 Å². The molecule has 2 rings (SSSR count). The number of benzene rings is 1. The molecule has 0 amide bonds. The zero-order valence-electron chi connectivity index (χ0n) is 10.6. The highest BCUT2D eigenvalue weighted by Crippen LogP contribution is 2.23. The molecule has 0 radical (unpaired) electrons. The minimum Gasteiger partial charge on any atom is -0.478 e. The van der Waals surface area contributed by atoms with Crippen molar-refractivity contribution in [3.05, 3.63) is 29.3 Å². The summed E-state index contributed by atoms with van der Waals surface area (Å²) in [6, 6.07) is 4.31.